The first-order valence-corrected chi connectivity index (χ1v) is 16.9. The Kier molecular flexibility index (Phi) is 16.1. The summed E-state index contributed by atoms with van der Waals surface area (Å²) in [6.45, 7) is 2.82. The van der Waals surface area contributed by atoms with Crippen LogP contribution in [0.25, 0.3) is 0 Å². The number of unbranched alkanes of at least 4 members (excludes halogenated alkanes) is 7. The van der Waals surface area contributed by atoms with Gasteiger partial charge in [0, 0.05) is 6.04 Å². The quantitative estimate of drug-likeness (QED) is 0.0777. The molecule has 1 saturated carbocycles. The Morgan fingerprint density at radius 3 is 1.89 bits per heavy atom. The minimum atomic E-state index is -2.84. The molecule has 0 bridgehead atoms. The summed E-state index contributed by atoms with van der Waals surface area (Å²) in [5.74, 6) is 2.50. The summed E-state index contributed by atoms with van der Waals surface area (Å²) in [5, 5.41) is 7.11. The largest absolute Gasteiger partial charge is 0.494 e. The SMILES string of the molecule is CCCCCCCCCCC1CCC(c2ccc(OCCC[Si](N=C=S)(N=C=S)N=C=S)cc2)CC1. The molecule has 196 valence electrons. The minimum absolute atomic E-state index is 0.533. The summed E-state index contributed by atoms with van der Waals surface area (Å²) < 4.78 is 18.4. The van der Waals surface area contributed by atoms with Gasteiger partial charge in [-0.05, 0) is 98.3 Å². The average Bonchev–Trinajstić information content (AvgIpc) is 2.89. The molecule has 0 heterocycles. The molecule has 1 aromatic rings. The summed E-state index contributed by atoms with van der Waals surface area (Å²) in [6.07, 6.45) is 18.8. The van der Waals surface area contributed by atoms with Crippen molar-refractivity contribution in [3.8, 4) is 5.75 Å². The van der Waals surface area contributed by atoms with E-state index in [1.54, 1.807) is 0 Å². The molecule has 1 aliphatic rings. The molecule has 0 spiro atoms. The van der Waals surface area contributed by atoms with E-state index in [1.165, 1.54) is 89.0 Å². The van der Waals surface area contributed by atoms with Crippen LogP contribution in [0.15, 0.2) is 38.2 Å². The van der Waals surface area contributed by atoms with Gasteiger partial charge in [0.25, 0.3) is 0 Å². The standard InChI is InChI=1S/C28H41N3OS3Si/c1-2-3-4-5-6-7-8-9-11-25-12-14-26(15-13-25)27-16-18-28(19-17-27)32-20-10-21-36(29-22-33,30-23-34)31-24-35/h16-19,25-26H,2-15,20-21H2,1H3. The highest BCUT2D eigenvalue weighted by Crippen LogP contribution is 2.38. The molecule has 8 heteroatoms. The van der Waals surface area contributed by atoms with Gasteiger partial charge in [-0.25, -0.2) is 14.0 Å². The van der Waals surface area contributed by atoms with Gasteiger partial charge in [0.15, 0.2) is 0 Å². The fraction of sp³-hybridized carbons (Fsp3) is 0.679. The number of hydrogen-bond donors (Lipinski definition) is 0. The molecule has 0 atom stereocenters. The number of rotatable bonds is 18. The third kappa shape index (κ3) is 11.8. The van der Waals surface area contributed by atoms with E-state index in [0.29, 0.717) is 25.0 Å². The molecule has 0 amide bonds. The first-order valence-electron chi connectivity index (χ1n) is 13.7. The van der Waals surface area contributed by atoms with Crippen molar-refractivity contribution in [2.45, 2.75) is 109 Å². The normalized spacial score (nSPS) is 18.7. The summed E-state index contributed by atoms with van der Waals surface area (Å²) in [4.78, 5) is 0. The van der Waals surface area contributed by atoms with Crippen LogP contribution in [0.4, 0.5) is 0 Å². The van der Waals surface area contributed by atoms with Crippen LogP contribution < -0.4 is 4.74 Å². The Labute approximate surface area is 235 Å². The zero-order chi connectivity index (χ0) is 25.9. The molecule has 0 N–H and O–H groups in total. The van der Waals surface area contributed by atoms with Crippen molar-refractivity contribution < 1.29 is 4.74 Å². The van der Waals surface area contributed by atoms with E-state index in [2.05, 4.69) is 60.6 Å². The maximum atomic E-state index is 5.94. The van der Waals surface area contributed by atoms with Gasteiger partial charge in [0.05, 0.1) is 22.1 Å². The van der Waals surface area contributed by atoms with E-state index in [-0.39, 0.29) is 0 Å². The van der Waals surface area contributed by atoms with Crippen molar-refractivity contribution in [3.63, 3.8) is 0 Å². The molecule has 0 aromatic heterocycles. The van der Waals surface area contributed by atoms with Gasteiger partial charge >= 0.3 is 8.56 Å². The van der Waals surface area contributed by atoms with E-state index < -0.39 is 8.56 Å². The minimum Gasteiger partial charge on any atom is -0.494 e. The molecular formula is C28H41N3OS3Si. The summed E-state index contributed by atoms with van der Waals surface area (Å²) in [6, 6.07) is 9.23. The van der Waals surface area contributed by atoms with Crippen molar-refractivity contribution in [2.24, 2.45) is 19.9 Å². The van der Waals surface area contributed by atoms with Crippen LogP contribution in [0, 0.1) is 5.92 Å². The summed E-state index contributed by atoms with van der Waals surface area (Å²) in [7, 11) is -2.84. The molecule has 2 rings (SSSR count). The van der Waals surface area contributed by atoms with Crippen molar-refractivity contribution in [1.82, 2.24) is 0 Å². The van der Waals surface area contributed by atoms with E-state index in [0.717, 1.165) is 11.7 Å². The molecule has 1 aromatic carbocycles. The number of ether oxygens (including phenoxy) is 1. The van der Waals surface area contributed by atoms with Gasteiger partial charge in [0.2, 0.25) is 0 Å². The molecule has 1 aliphatic carbocycles. The van der Waals surface area contributed by atoms with E-state index in [1.807, 2.05) is 0 Å². The number of benzene rings is 1. The van der Waals surface area contributed by atoms with Gasteiger partial charge in [-0.1, -0.05) is 76.8 Å². The Bertz CT molecular complexity index is 854. The lowest BCUT2D eigenvalue weighted by Gasteiger charge is -2.29. The third-order valence-corrected chi connectivity index (χ3v) is 10.5. The van der Waals surface area contributed by atoms with Crippen LogP contribution in [0.5, 0.6) is 5.75 Å². The monoisotopic (exact) mass is 559 g/mol. The van der Waals surface area contributed by atoms with E-state index in [9.17, 15) is 0 Å². The first-order chi connectivity index (χ1) is 17.7. The van der Waals surface area contributed by atoms with Gasteiger partial charge in [-0.3, -0.25) is 0 Å². The van der Waals surface area contributed by atoms with E-state index in [4.69, 9.17) is 41.4 Å². The molecule has 1 fully saturated rings. The van der Waals surface area contributed by atoms with Crippen LogP contribution in [0.1, 0.15) is 108 Å². The lowest BCUT2D eigenvalue weighted by molar-refractivity contribution is 0.301. The number of thiocarbonyl (C=S) groups is 3. The topological polar surface area (TPSA) is 46.3 Å². The maximum absolute atomic E-state index is 5.94. The molecule has 36 heavy (non-hydrogen) atoms. The number of nitrogens with zero attached hydrogens (tertiary/aromatic N) is 3. The van der Waals surface area contributed by atoms with Crippen LogP contribution in [0.2, 0.25) is 6.04 Å². The molecule has 0 radical (unpaired) electrons. The zero-order valence-corrected chi connectivity index (χ0v) is 25.2. The molecular weight excluding hydrogens is 519 g/mol. The Balaban J connectivity index is 1.66. The van der Waals surface area contributed by atoms with Gasteiger partial charge in [0.1, 0.15) is 5.75 Å². The second kappa shape index (κ2) is 18.8. The van der Waals surface area contributed by atoms with Crippen LogP contribution in [-0.4, -0.2) is 30.6 Å². The predicted molar refractivity (Wildman–Crippen MR) is 164 cm³/mol. The highest BCUT2D eigenvalue weighted by Gasteiger charge is 2.34. The Hall–Kier alpha value is -1.36. The lowest BCUT2D eigenvalue weighted by Crippen LogP contribution is -2.28. The highest BCUT2D eigenvalue weighted by molar-refractivity contribution is 7.78. The van der Waals surface area contributed by atoms with Crippen molar-refractivity contribution in [3.05, 3.63) is 29.8 Å². The Morgan fingerprint density at radius 2 is 1.33 bits per heavy atom. The second-order valence-electron chi connectivity index (χ2n) is 9.89. The first kappa shape index (κ1) is 30.9. The van der Waals surface area contributed by atoms with Crippen LogP contribution in [0.3, 0.4) is 0 Å². The fourth-order valence-electron chi connectivity index (χ4n) is 5.15. The van der Waals surface area contributed by atoms with Gasteiger partial charge in [-0.2, -0.15) is 0 Å². The molecule has 4 nitrogen and oxygen atoms in total. The average molecular weight is 560 g/mol. The van der Waals surface area contributed by atoms with E-state index >= 15 is 0 Å². The number of isothiocyanates is 3. The van der Waals surface area contributed by atoms with Gasteiger partial charge in [-0.15, -0.1) is 0 Å². The lowest BCUT2D eigenvalue weighted by atomic mass is 9.77. The zero-order valence-electron chi connectivity index (χ0n) is 21.8. The summed E-state index contributed by atoms with van der Waals surface area (Å²) in [5.41, 5.74) is 1.44. The van der Waals surface area contributed by atoms with Gasteiger partial charge < -0.3 is 4.74 Å². The smallest absolute Gasteiger partial charge is 0.461 e. The second-order valence-corrected chi connectivity index (χ2v) is 13.2. The Morgan fingerprint density at radius 1 is 0.778 bits per heavy atom. The van der Waals surface area contributed by atoms with Crippen molar-refractivity contribution in [2.75, 3.05) is 6.61 Å². The van der Waals surface area contributed by atoms with Crippen LogP contribution >= 0.6 is 36.7 Å². The summed E-state index contributed by atoms with van der Waals surface area (Å²) >= 11 is 14.2. The molecule has 0 saturated heterocycles. The highest BCUT2D eigenvalue weighted by atomic mass is 32.1. The fourth-order valence-corrected chi connectivity index (χ4v) is 8.01. The van der Waals surface area contributed by atoms with Crippen molar-refractivity contribution >= 4 is 60.7 Å². The molecule has 0 unspecified atom stereocenters. The predicted octanol–water partition coefficient (Wildman–Crippen LogP) is 9.51. The number of hydrogen-bond acceptors (Lipinski definition) is 7. The van der Waals surface area contributed by atoms with Crippen molar-refractivity contribution in [1.29, 1.82) is 0 Å². The molecule has 0 aliphatic heterocycles. The third-order valence-electron chi connectivity index (χ3n) is 7.26. The van der Waals surface area contributed by atoms with Crippen LogP contribution in [-0.2, 0) is 0 Å². The maximum Gasteiger partial charge on any atom is 0.461 e.